The highest BCUT2D eigenvalue weighted by Crippen LogP contribution is 2.58. The monoisotopic (exact) mass is 665 g/mol. The van der Waals surface area contributed by atoms with Crippen molar-refractivity contribution in [2.24, 2.45) is 0 Å². The van der Waals surface area contributed by atoms with Gasteiger partial charge in [0.15, 0.2) is 5.69 Å². The normalized spacial score (nSPS) is 21.6. The number of methoxy groups -OCH3 is 1. The van der Waals surface area contributed by atoms with Gasteiger partial charge < -0.3 is 23.8 Å². The number of aromatic nitrogens is 1. The number of benzene rings is 2. The average Bonchev–Trinajstić information content (AvgIpc) is 3.41. The first-order valence-corrected chi connectivity index (χ1v) is 15.7. The van der Waals surface area contributed by atoms with E-state index in [-0.39, 0.29) is 30.2 Å². The van der Waals surface area contributed by atoms with Crippen LogP contribution in [0.3, 0.4) is 0 Å². The van der Waals surface area contributed by atoms with Gasteiger partial charge in [-0.25, -0.2) is 18.0 Å². The number of hydrogen-bond donors (Lipinski definition) is 0. The Labute approximate surface area is 269 Å². The second-order valence-electron chi connectivity index (χ2n) is 11.7. The maximum atomic E-state index is 15.9. The van der Waals surface area contributed by atoms with Crippen LogP contribution in [0.4, 0.5) is 18.0 Å². The third kappa shape index (κ3) is 4.23. The molecule has 0 bridgehead atoms. The van der Waals surface area contributed by atoms with E-state index in [0.717, 1.165) is 29.2 Å². The molecule has 1 saturated heterocycles. The minimum atomic E-state index is -3.47. The fraction of sp³-hybridized carbons (Fsp3) is 0.303. The lowest BCUT2D eigenvalue weighted by molar-refractivity contribution is -0.0473. The molecule has 4 aliphatic rings. The molecule has 2 aromatic carbocycles. The van der Waals surface area contributed by atoms with Crippen LogP contribution in [0.25, 0.3) is 21.6 Å². The summed E-state index contributed by atoms with van der Waals surface area (Å²) in [6.07, 6.45) is -1.04. The fourth-order valence-corrected chi connectivity index (χ4v) is 8.42. The molecule has 3 unspecified atom stereocenters. The van der Waals surface area contributed by atoms with Crippen LogP contribution < -0.4 is 15.2 Å². The van der Waals surface area contributed by atoms with Crippen LogP contribution in [0.2, 0.25) is 0 Å². The number of morpholine rings is 1. The first-order chi connectivity index (χ1) is 22.6. The molecular formula is C33H26F3N3O7S. The van der Waals surface area contributed by atoms with Gasteiger partial charge in [-0.15, -0.1) is 11.3 Å². The van der Waals surface area contributed by atoms with Gasteiger partial charge in [0.05, 0.1) is 38.0 Å². The number of alkyl halides is 2. The zero-order valence-corrected chi connectivity index (χ0v) is 25.8. The largest absolute Gasteiger partial charge is 0.510 e. The van der Waals surface area contributed by atoms with Crippen molar-refractivity contribution in [3.63, 3.8) is 0 Å². The van der Waals surface area contributed by atoms with Crippen LogP contribution in [-0.4, -0.2) is 61.0 Å². The number of carbonyl (C=O) groups is 2. The van der Waals surface area contributed by atoms with E-state index in [9.17, 15) is 14.4 Å². The van der Waals surface area contributed by atoms with E-state index in [2.05, 4.69) is 4.74 Å². The topological polar surface area (TPSA) is 99.5 Å². The van der Waals surface area contributed by atoms with Crippen LogP contribution in [0.5, 0.6) is 5.75 Å². The number of carbonyl (C=O) groups excluding carboxylic acids is 2. The third-order valence-corrected chi connectivity index (χ3v) is 10.2. The highest BCUT2D eigenvalue weighted by Gasteiger charge is 2.51. The van der Waals surface area contributed by atoms with Crippen LogP contribution >= 0.6 is 11.3 Å². The highest BCUT2D eigenvalue weighted by atomic mass is 32.1. The Kier molecular flexibility index (Phi) is 6.67. The molecule has 1 amide bonds. The number of fused-ring (bicyclic) bond motifs is 4. The van der Waals surface area contributed by atoms with E-state index in [1.807, 2.05) is 24.3 Å². The van der Waals surface area contributed by atoms with Crippen LogP contribution in [0.1, 0.15) is 45.7 Å². The molecule has 0 saturated carbocycles. The minimum Gasteiger partial charge on any atom is -0.451 e. The molecular weight excluding hydrogens is 639 g/mol. The number of ether oxygens (including phenoxy) is 4. The number of rotatable bonds is 4. The first-order valence-electron chi connectivity index (χ1n) is 14.8. The molecule has 8 rings (SSSR count). The van der Waals surface area contributed by atoms with Crippen molar-refractivity contribution in [1.29, 1.82) is 0 Å². The molecule has 1 fully saturated rings. The zero-order valence-electron chi connectivity index (χ0n) is 25.0. The van der Waals surface area contributed by atoms with E-state index in [1.165, 1.54) is 34.3 Å². The van der Waals surface area contributed by atoms with Gasteiger partial charge in [0.2, 0.25) is 18.0 Å². The zero-order chi connectivity index (χ0) is 32.8. The molecule has 242 valence electrons. The summed E-state index contributed by atoms with van der Waals surface area (Å²) in [6, 6.07) is 9.92. The van der Waals surface area contributed by atoms with Crippen LogP contribution in [0.15, 0.2) is 58.8 Å². The van der Waals surface area contributed by atoms with Gasteiger partial charge in [-0.3, -0.25) is 19.3 Å². The fourth-order valence-electron chi connectivity index (χ4n) is 7.30. The summed E-state index contributed by atoms with van der Waals surface area (Å²) in [5.74, 6) is -5.39. The third-order valence-electron chi connectivity index (χ3n) is 9.14. The van der Waals surface area contributed by atoms with Crippen molar-refractivity contribution < 1.29 is 41.7 Å². The Morgan fingerprint density at radius 3 is 2.70 bits per heavy atom. The van der Waals surface area contributed by atoms with Crippen LogP contribution in [0, 0.1) is 5.82 Å². The predicted octanol–water partition coefficient (Wildman–Crippen LogP) is 5.39. The lowest BCUT2D eigenvalue weighted by Gasteiger charge is -2.53. The van der Waals surface area contributed by atoms with Gasteiger partial charge in [0.1, 0.15) is 12.0 Å². The summed E-state index contributed by atoms with van der Waals surface area (Å²) >= 11 is 1.33. The SMILES string of the molecule is COC(=O)OCOc1c2n(ccc1=O)N(C1c3ccccc3-c3scc4c3-c3c1ccc(F)c3C(F)(F)C4)C1COCC(C)N1C2=O. The van der Waals surface area contributed by atoms with Crippen molar-refractivity contribution in [2.75, 3.05) is 32.1 Å². The Hall–Kier alpha value is -4.82. The van der Waals surface area contributed by atoms with E-state index < -0.39 is 66.3 Å². The Morgan fingerprint density at radius 1 is 1.09 bits per heavy atom. The highest BCUT2D eigenvalue weighted by molar-refractivity contribution is 7.14. The number of nitrogens with zero attached hydrogens (tertiary/aromatic N) is 3. The molecule has 4 heterocycles. The molecule has 47 heavy (non-hydrogen) atoms. The van der Waals surface area contributed by atoms with Crippen molar-refractivity contribution >= 4 is 23.4 Å². The van der Waals surface area contributed by atoms with Crippen LogP contribution in [-0.2, 0) is 26.6 Å². The summed E-state index contributed by atoms with van der Waals surface area (Å²) in [5.41, 5.74) is 1.55. The van der Waals surface area contributed by atoms with E-state index in [0.29, 0.717) is 16.7 Å². The molecule has 0 radical (unpaired) electrons. The number of pyridine rings is 1. The quantitative estimate of drug-likeness (QED) is 0.212. The second-order valence-corrected chi connectivity index (χ2v) is 12.6. The summed E-state index contributed by atoms with van der Waals surface area (Å²) in [6.45, 7) is 1.33. The maximum absolute atomic E-state index is 15.9. The molecule has 10 nitrogen and oxygen atoms in total. The number of thiophene rings is 1. The molecule has 3 atom stereocenters. The molecule has 14 heteroatoms. The Balaban J connectivity index is 1.42. The second kappa shape index (κ2) is 10.6. The summed E-state index contributed by atoms with van der Waals surface area (Å²) in [4.78, 5) is 41.4. The van der Waals surface area contributed by atoms with Gasteiger partial charge in [-0.05, 0) is 40.6 Å². The predicted molar refractivity (Wildman–Crippen MR) is 163 cm³/mol. The van der Waals surface area contributed by atoms with Crippen molar-refractivity contribution in [3.05, 3.63) is 98.0 Å². The maximum Gasteiger partial charge on any atom is 0.510 e. The van der Waals surface area contributed by atoms with Crippen molar-refractivity contribution in [2.45, 2.75) is 37.5 Å². The number of amides is 1. The molecule has 0 spiro atoms. The van der Waals surface area contributed by atoms with Gasteiger partial charge in [-0.2, -0.15) is 0 Å². The summed E-state index contributed by atoms with van der Waals surface area (Å²) < 4.78 is 69.7. The molecule has 4 aromatic rings. The lowest BCUT2D eigenvalue weighted by atomic mass is 9.80. The molecule has 2 aliphatic heterocycles. The average molecular weight is 666 g/mol. The Morgan fingerprint density at radius 2 is 1.89 bits per heavy atom. The summed E-state index contributed by atoms with van der Waals surface area (Å²) in [7, 11) is 1.11. The van der Waals surface area contributed by atoms with E-state index in [1.54, 1.807) is 22.2 Å². The molecule has 2 aromatic heterocycles. The van der Waals surface area contributed by atoms with Gasteiger partial charge in [-0.1, -0.05) is 30.3 Å². The van der Waals surface area contributed by atoms with Gasteiger partial charge in [0.25, 0.3) is 11.8 Å². The van der Waals surface area contributed by atoms with Gasteiger partial charge in [0, 0.05) is 34.7 Å². The number of hydrogen-bond acceptors (Lipinski definition) is 9. The Bertz CT molecular complexity index is 2050. The minimum absolute atomic E-state index is 0.0501. The molecule has 0 N–H and O–H groups in total. The van der Waals surface area contributed by atoms with E-state index in [4.69, 9.17) is 14.2 Å². The lowest BCUT2D eigenvalue weighted by Crippen LogP contribution is -2.68. The van der Waals surface area contributed by atoms with E-state index >= 15 is 13.2 Å². The standard InChI is InChI=1S/C33H26F3N3O7S/c1-16-12-44-13-23-38(16)31(41)28-29(45-15-46-32(42)43-2)22(40)9-10-37(28)39(23)27-18-5-3-4-6-19(18)30-24-17(14-47-30)11-33(35,36)26-21(34)8-7-20(27)25(24)26/h3-10,14,16,23,27H,11-13,15H2,1-2H3. The smallest absolute Gasteiger partial charge is 0.451 e. The number of halogens is 3. The molecule has 2 aliphatic carbocycles. The summed E-state index contributed by atoms with van der Waals surface area (Å²) in [5, 5.41) is 3.51. The van der Waals surface area contributed by atoms with Gasteiger partial charge >= 0.3 is 6.16 Å². The van der Waals surface area contributed by atoms with Crippen molar-refractivity contribution in [1.82, 2.24) is 9.58 Å². The van der Waals surface area contributed by atoms with Crippen molar-refractivity contribution in [3.8, 4) is 27.3 Å². The first kappa shape index (κ1) is 29.6.